The van der Waals surface area contributed by atoms with Crippen LogP contribution in [-0.2, 0) is 9.47 Å². The first-order valence-electron chi connectivity index (χ1n) is 7.26. The molecule has 6 nitrogen and oxygen atoms in total. The number of hydrogen-bond donors (Lipinski definition) is 1. The van der Waals surface area contributed by atoms with Crippen molar-refractivity contribution in [1.29, 1.82) is 0 Å². The Balaban J connectivity index is 2.06. The third-order valence-electron chi connectivity index (χ3n) is 3.50. The molecule has 3 aromatic rings. The molecule has 1 heterocycles. The highest BCUT2D eigenvalue weighted by molar-refractivity contribution is 7.22. The molecule has 0 bridgehead atoms. The zero-order chi connectivity index (χ0) is 18.8. The zero-order valence-corrected chi connectivity index (χ0v) is 16.0. The van der Waals surface area contributed by atoms with Gasteiger partial charge in [0.05, 0.1) is 40.8 Å². The number of methoxy groups -OCH3 is 2. The highest BCUT2D eigenvalue weighted by Gasteiger charge is 2.17. The number of benzene rings is 2. The van der Waals surface area contributed by atoms with E-state index in [1.807, 2.05) is 0 Å². The van der Waals surface area contributed by atoms with E-state index in [1.54, 1.807) is 12.1 Å². The van der Waals surface area contributed by atoms with E-state index in [4.69, 9.17) is 32.7 Å². The largest absolute Gasteiger partial charge is 0.465 e. The molecule has 0 unspecified atom stereocenters. The highest BCUT2D eigenvalue weighted by atomic mass is 35.5. The fraction of sp³-hybridized carbons (Fsp3) is 0.118. The van der Waals surface area contributed by atoms with E-state index >= 15 is 0 Å². The fourth-order valence-corrected chi connectivity index (χ4v) is 3.91. The third-order valence-corrected chi connectivity index (χ3v) is 4.92. The first kappa shape index (κ1) is 18.4. The van der Waals surface area contributed by atoms with Gasteiger partial charge in [-0.1, -0.05) is 34.5 Å². The summed E-state index contributed by atoms with van der Waals surface area (Å²) in [6.45, 7) is 0. The predicted molar refractivity (Wildman–Crippen MR) is 102 cm³/mol. The maximum absolute atomic E-state index is 12.0. The SMILES string of the molecule is COC(=O)c1ccc(C(=O)OC)c(Nc2nc3c(Cl)cc(Cl)cc3s2)c1. The van der Waals surface area contributed by atoms with Crippen LogP contribution in [0.2, 0.25) is 10.0 Å². The van der Waals surface area contributed by atoms with Crippen LogP contribution in [0.25, 0.3) is 10.2 Å². The number of hydrogen-bond acceptors (Lipinski definition) is 7. The molecule has 0 radical (unpaired) electrons. The van der Waals surface area contributed by atoms with Gasteiger partial charge >= 0.3 is 11.9 Å². The van der Waals surface area contributed by atoms with Crippen LogP contribution in [0.4, 0.5) is 10.8 Å². The number of anilines is 2. The number of thiazole rings is 1. The molecule has 0 saturated carbocycles. The molecule has 1 N–H and O–H groups in total. The van der Waals surface area contributed by atoms with Crippen LogP contribution in [0.1, 0.15) is 20.7 Å². The minimum Gasteiger partial charge on any atom is -0.465 e. The molecule has 9 heteroatoms. The van der Waals surface area contributed by atoms with Crippen molar-refractivity contribution in [2.24, 2.45) is 0 Å². The van der Waals surface area contributed by atoms with Gasteiger partial charge in [-0.05, 0) is 30.3 Å². The molecule has 0 amide bonds. The van der Waals surface area contributed by atoms with Crippen LogP contribution in [0.5, 0.6) is 0 Å². The number of carbonyl (C=O) groups is 2. The molecule has 0 aliphatic heterocycles. The molecule has 134 valence electrons. The Hall–Kier alpha value is -2.35. The molecule has 3 rings (SSSR count). The van der Waals surface area contributed by atoms with Gasteiger partial charge in [0.1, 0.15) is 5.52 Å². The number of nitrogens with zero attached hydrogens (tertiary/aromatic N) is 1. The average Bonchev–Trinajstić information content (AvgIpc) is 3.03. The Kier molecular flexibility index (Phi) is 5.31. The number of nitrogens with one attached hydrogen (secondary N) is 1. The van der Waals surface area contributed by atoms with Crippen molar-refractivity contribution in [3.63, 3.8) is 0 Å². The van der Waals surface area contributed by atoms with Crippen LogP contribution in [-0.4, -0.2) is 31.1 Å². The van der Waals surface area contributed by atoms with Crippen molar-refractivity contribution in [3.8, 4) is 0 Å². The molecule has 26 heavy (non-hydrogen) atoms. The van der Waals surface area contributed by atoms with Gasteiger partial charge in [-0.2, -0.15) is 0 Å². The second-order valence-corrected chi connectivity index (χ2v) is 7.00. The van der Waals surface area contributed by atoms with E-state index in [-0.39, 0.29) is 11.1 Å². The number of ether oxygens (including phenoxy) is 2. The molecule has 0 aliphatic carbocycles. The second kappa shape index (κ2) is 7.49. The Bertz CT molecular complexity index is 1020. The molecule has 0 atom stereocenters. The molecular weight excluding hydrogens is 399 g/mol. The molecule has 0 fully saturated rings. The summed E-state index contributed by atoms with van der Waals surface area (Å²) < 4.78 is 10.3. The van der Waals surface area contributed by atoms with E-state index in [0.29, 0.717) is 26.4 Å². The summed E-state index contributed by atoms with van der Waals surface area (Å²) in [5, 5.41) is 4.45. The summed E-state index contributed by atoms with van der Waals surface area (Å²) in [5.41, 5.74) is 1.49. The van der Waals surface area contributed by atoms with Crippen LogP contribution in [0.15, 0.2) is 30.3 Å². The van der Waals surface area contributed by atoms with Crippen molar-refractivity contribution in [1.82, 2.24) is 4.98 Å². The zero-order valence-electron chi connectivity index (χ0n) is 13.6. The lowest BCUT2D eigenvalue weighted by atomic mass is 10.1. The lowest BCUT2D eigenvalue weighted by Crippen LogP contribution is -2.08. The van der Waals surface area contributed by atoms with Crippen LogP contribution in [0.3, 0.4) is 0 Å². The van der Waals surface area contributed by atoms with Crippen LogP contribution in [0, 0.1) is 0 Å². The standard InChI is InChI=1S/C17H12Cl2N2O4S/c1-24-15(22)8-3-4-10(16(23)25-2)12(5-8)20-17-21-14-11(19)6-9(18)7-13(14)26-17/h3-7H,1-2H3,(H,20,21). The van der Waals surface area contributed by atoms with Gasteiger partial charge in [0.2, 0.25) is 0 Å². The quantitative estimate of drug-likeness (QED) is 0.614. The van der Waals surface area contributed by atoms with Crippen LogP contribution < -0.4 is 5.32 Å². The third kappa shape index (κ3) is 3.60. The maximum Gasteiger partial charge on any atom is 0.339 e. The van der Waals surface area contributed by atoms with Gasteiger partial charge in [0.25, 0.3) is 0 Å². The summed E-state index contributed by atoms with van der Waals surface area (Å²) >= 11 is 13.5. The fourth-order valence-electron chi connectivity index (χ4n) is 2.31. The highest BCUT2D eigenvalue weighted by Crippen LogP contribution is 2.35. The summed E-state index contributed by atoms with van der Waals surface area (Å²) in [4.78, 5) is 28.2. The molecular formula is C17H12Cl2N2O4S. The number of halogens is 2. The number of aromatic nitrogens is 1. The van der Waals surface area contributed by atoms with Gasteiger partial charge in [0, 0.05) is 5.02 Å². The van der Waals surface area contributed by atoms with E-state index in [2.05, 4.69) is 10.3 Å². The first-order chi connectivity index (χ1) is 12.4. The summed E-state index contributed by atoms with van der Waals surface area (Å²) in [7, 11) is 2.56. The first-order valence-corrected chi connectivity index (χ1v) is 8.83. The Labute approximate surface area is 162 Å². The number of carbonyl (C=O) groups excluding carboxylic acids is 2. The van der Waals surface area contributed by atoms with Crippen molar-refractivity contribution < 1.29 is 19.1 Å². The van der Waals surface area contributed by atoms with Crippen molar-refractivity contribution in [2.75, 3.05) is 19.5 Å². The second-order valence-electron chi connectivity index (χ2n) is 5.12. The summed E-state index contributed by atoms with van der Waals surface area (Å²) in [6, 6.07) is 7.82. The monoisotopic (exact) mass is 410 g/mol. The smallest absolute Gasteiger partial charge is 0.339 e. The van der Waals surface area contributed by atoms with Crippen LogP contribution >= 0.6 is 34.5 Å². The summed E-state index contributed by atoms with van der Waals surface area (Å²) in [6.07, 6.45) is 0. The molecule has 0 saturated heterocycles. The molecule has 1 aromatic heterocycles. The van der Waals surface area contributed by atoms with Crippen molar-refractivity contribution >= 4 is 67.5 Å². The van der Waals surface area contributed by atoms with Crippen molar-refractivity contribution in [2.45, 2.75) is 0 Å². The van der Waals surface area contributed by atoms with Gasteiger partial charge in [-0.3, -0.25) is 0 Å². The topological polar surface area (TPSA) is 77.5 Å². The molecule has 0 aliphatic rings. The van der Waals surface area contributed by atoms with Gasteiger partial charge in [0.15, 0.2) is 5.13 Å². The van der Waals surface area contributed by atoms with E-state index in [0.717, 1.165) is 4.70 Å². The van der Waals surface area contributed by atoms with E-state index in [1.165, 1.54) is 43.8 Å². The van der Waals surface area contributed by atoms with E-state index < -0.39 is 11.9 Å². The number of esters is 2. The Morgan fingerprint density at radius 2 is 1.81 bits per heavy atom. The van der Waals surface area contributed by atoms with Gasteiger partial charge in [-0.25, -0.2) is 14.6 Å². The normalized spacial score (nSPS) is 10.6. The lowest BCUT2D eigenvalue weighted by molar-refractivity contribution is 0.0587. The maximum atomic E-state index is 12.0. The van der Waals surface area contributed by atoms with Crippen molar-refractivity contribution in [3.05, 3.63) is 51.5 Å². The number of rotatable bonds is 4. The molecule has 2 aromatic carbocycles. The average molecular weight is 411 g/mol. The minimum absolute atomic E-state index is 0.253. The van der Waals surface area contributed by atoms with Gasteiger partial charge < -0.3 is 14.8 Å². The van der Waals surface area contributed by atoms with Gasteiger partial charge in [-0.15, -0.1) is 0 Å². The number of fused-ring (bicyclic) bond motifs is 1. The summed E-state index contributed by atoms with van der Waals surface area (Å²) in [5.74, 6) is -1.07. The molecule has 0 spiro atoms. The minimum atomic E-state index is -0.550. The Morgan fingerprint density at radius 1 is 1.08 bits per heavy atom. The van der Waals surface area contributed by atoms with E-state index in [9.17, 15) is 9.59 Å². The lowest BCUT2D eigenvalue weighted by Gasteiger charge is -2.10. The predicted octanol–water partition coefficient (Wildman–Crippen LogP) is 4.92. The Morgan fingerprint density at radius 3 is 2.50 bits per heavy atom.